The number of morpholine rings is 1. The summed E-state index contributed by atoms with van der Waals surface area (Å²) in [5.41, 5.74) is 7.36. The third-order valence-corrected chi connectivity index (χ3v) is 7.35. The van der Waals surface area contributed by atoms with Crippen molar-refractivity contribution in [2.75, 3.05) is 39.5 Å². The van der Waals surface area contributed by atoms with Gasteiger partial charge in [0, 0.05) is 19.6 Å². The van der Waals surface area contributed by atoms with E-state index in [9.17, 15) is 0 Å². The molecule has 0 saturated carbocycles. The largest absolute Gasteiger partial charge is 0.492 e. The topological polar surface area (TPSA) is 21.7 Å². The van der Waals surface area contributed by atoms with Crippen molar-refractivity contribution in [2.45, 2.75) is 58.3 Å². The van der Waals surface area contributed by atoms with Crippen molar-refractivity contribution in [1.82, 2.24) is 4.90 Å². The Balaban J connectivity index is 1.42. The zero-order valence-electron chi connectivity index (χ0n) is 20.5. The molecular weight excluding hydrogens is 394 g/mol. The van der Waals surface area contributed by atoms with Crippen LogP contribution < -0.4 is 4.74 Å². The number of hydrogen-bond acceptors (Lipinski definition) is 3. The summed E-state index contributed by atoms with van der Waals surface area (Å²) in [6.07, 6.45) is 4.77. The molecule has 1 saturated heterocycles. The molecule has 172 valence electrons. The van der Waals surface area contributed by atoms with Crippen LogP contribution in [0.5, 0.6) is 5.75 Å². The van der Waals surface area contributed by atoms with Crippen LogP contribution in [0.1, 0.15) is 69.7 Å². The number of ether oxygens (including phenoxy) is 2. The minimum atomic E-state index is 0.237. The Hall–Kier alpha value is -2.10. The summed E-state index contributed by atoms with van der Waals surface area (Å²) in [5, 5.41) is 0. The fourth-order valence-electron chi connectivity index (χ4n) is 4.94. The highest BCUT2D eigenvalue weighted by Gasteiger charge is 2.36. The summed E-state index contributed by atoms with van der Waals surface area (Å²) in [7, 11) is 0. The van der Waals surface area contributed by atoms with Crippen LogP contribution in [0.25, 0.3) is 11.6 Å². The standard InChI is InChI=1S/C29H39NO2/c1-22(24-8-11-26-27(21-24)29(4,5)13-12-28(26,2)3)20-23-6-9-25(10-7-23)32-19-16-30-14-17-31-18-15-30/h6-11,20-21H,12-19H2,1-5H3/b22-20-. The molecule has 1 aliphatic heterocycles. The number of nitrogens with zero attached hydrogens (tertiary/aromatic N) is 1. The molecule has 0 bridgehead atoms. The number of allylic oxidation sites excluding steroid dienone is 1. The molecule has 1 fully saturated rings. The molecule has 3 nitrogen and oxygen atoms in total. The second-order valence-corrected chi connectivity index (χ2v) is 10.7. The van der Waals surface area contributed by atoms with Crippen LogP contribution in [0, 0.1) is 0 Å². The van der Waals surface area contributed by atoms with E-state index in [1.807, 2.05) is 0 Å². The first-order valence-electron chi connectivity index (χ1n) is 12.1. The van der Waals surface area contributed by atoms with Gasteiger partial charge in [-0.1, -0.05) is 64.1 Å². The summed E-state index contributed by atoms with van der Waals surface area (Å²) in [6.45, 7) is 17.1. The quantitative estimate of drug-likeness (QED) is 0.499. The molecule has 2 aromatic carbocycles. The molecule has 1 heterocycles. The van der Waals surface area contributed by atoms with Crippen LogP contribution in [0.15, 0.2) is 42.5 Å². The zero-order valence-corrected chi connectivity index (χ0v) is 20.5. The molecule has 0 spiro atoms. The Morgan fingerprint density at radius 3 is 2.28 bits per heavy atom. The molecule has 2 aliphatic rings. The highest BCUT2D eigenvalue weighted by atomic mass is 16.5. The summed E-state index contributed by atoms with van der Waals surface area (Å²) in [6, 6.07) is 15.6. The van der Waals surface area contributed by atoms with E-state index in [1.165, 1.54) is 40.7 Å². The van der Waals surface area contributed by atoms with E-state index in [4.69, 9.17) is 9.47 Å². The highest BCUT2D eigenvalue weighted by molar-refractivity contribution is 5.80. The average Bonchev–Trinajstić information content (AvgIpc) is 2.79. The minimum absolute atomic E-state index is 0.237. The Bertz CT molecular complexity index is 950. The van der Waals surface area contributed by atoms with Gasteiger partial charge in [0.1, 0.15) is 12.4 Å². The van der Waals surface area contributed by atoms with Gasteiger partial charge < -0.3 is 9.47 Å². The normalized spacial score (nSPS) is 20.6. The van der Waals surface area contributed by atoms with Crippen molar-refractivity contribution >= 4 is 11.6 Å². The maximum absolute atomic E-state index is 5.95. The molecule has 0 atom stereocenters. The van der Waals surface area contributed by atoms with Crippen molar-refractivity contribution in [3.05, 3.63) is 64.7 Å². The zero-order chi connectivity index (χ0) is 22.8. The third-order valence-electron chi connectivity index (χ3n) is 7.35. The van der Waals surface area contributed by atoms with Crippen LogP contribution >= 0.6 is 0 Å². The Labute approximate surface area is 194 Å². The van der Waals surface area contributed by atoms with E-state index >= 15 is 0 Å². The second kappa shape index (κ2) is 9.41. The van der Waals surface area contributed by atoms with E-state index in [0.717, 1.165) is 45.2 Å². The molecule has 32 heavy (non-hydrogen) atoms. The van der Waals surface area contributed by atoms with Gasteiger partial charge in [0.2, 0.25) is 0 Å². The summed E-state index contributed by atoms with van der Waals surface area (Å²) < 4.78 is 11.4. The second-order valence-electron chi connectivity index (χ2n) is 10.7. The van der Waals surface area contributed by atoms with Gasteiger partial charge in [0.05, 0.1) is 13.2 Å². The molecule has 0 N–H and O–H groups in total. The van der Waals surface area contributed by atoms with E-state index in [0.29, 0.717) is 0 Å². The van der Waals surface area contributed by atoms with Crippen LogP contribution in [0.2, 0.25) is 0 Å². The molecule has 0 aromatic heterocycles. The predicted octanol–water partition coefficient (Wildman–Crippen LogP) is 6.31. The van der Waals surface area contributed by atoms with Crippen molar-refractivity contribution in [2.24, 2.45) is 0 Å². The molecule has 0 unspecified atom stereocenters. The molecule has 4 rings (SSSR count). The smallest absolute Gasteiger partial charge is 0.119 e. The van der Waals surface area contributed by atoms with Gasteiger partial charge in [0.15, 0.2) is 0 Å². The summed E-state index contributed by atoms with van der Waals surface area (Å²) in [4.78, 5) is 2.39. The number of fused-ring (bicyclic) bond motifs is 1. The summed E-state index contributed by atoms with van der Waals surface area (Å²) >= 11 is 0. The van der Waals surface area contributed by atoms with Crippen LogP contribution in [0.3, 0.4) is 0 Å². The Kier molecular flexibility index (Phi) is 6.78. The van der Waals surface area contributed by atoms with Gasteiger partial charge in [-0.05, 0) is 70.6 Å². The van der Waals surface area contributed by atoms with Crippen molar-refractivity contribution in [3.8, 4) is 5.75 Å². The number of hydrogen-bond donors (Lipinski definition) is 0. The van der Waals surface area contributed by atoms with E-state index < -0.39 is 0 Å². The number of rotatable bonds is 6. The molecular formula is C29H39NO2. The molecule has 0 radical (unpaired) electrons. The van der Waals surface area contributed by atoms with Crippen LogP contribution in [-0.4, -0.2) is 44.4 Å². The Morgan fingerprint density at radius 2 is 1.59 bits per heavy atom. The van der Waals surface area contributed by atoms with Crippen LogP contribution in [0.4, 0.5) is 0 Å². The van der Waals surface area contributed by atoms with Gasteiger partial charge in [-0.15, -0.1) is 0 Å². The lowest BCUT2D eigenvalue weighted by atomic mass is 9.63. The first-order chi connectivity index (χ1) is 15.2. The molecule has 2 aromatic rings. The average molecular weight is 434 g/mol. The molecule has 3 heteroatoms. The molecule has 1 aliphatic carbocycles. The van der Waals surface area contributed by atoms with E-state index in [2.05, 4.69) is 88.1 Å². The van der Waals surface area contributed by atoms with Gasteiger partial charge in [-0.2, -0.15) is 0 Å². The Morgan fingerprint density at radius 1 is 0.938 bits per heavy atom. The highest BCUT2D eigenvalue weighted by Crippen LogP contribution is 2.46. The lowest BCUT2D eigenvalue weighted by molar-refractivity contribution is 0.0322. The fourth-order valence-corrected chi connectivity index (χ4v) is 4.94. The van der Waals surface area contributed by atoms with Crippen molar-refractivity contribution in [3.63, 3.8) is 0 Å². The predicted molar refractivity (Wildman–Crippen MR) is 134 cm³/mol. The lowest BCUT2D eigenvalue weighted by Gasteiger charge is -2.42. The van der Waals surface area contributed by atoms with E-state index in [1.54, 1.807) is 0 Å². The van der Waals surface area contributed by atoms with Gasteiger partial charge in [0.25, 0.3) is 0 Å². The van der Waals surface area contributed by atoms with Crippen molar-refractivity contribution < 1.29 is 9.47 Å². The van der Waals surface area contributed by atoms with Gasteiger partial charge in [-0.3, -0.25) is 4.90 Å². The van der Waals surface area contributed by atoms with Gasteiger partial charge >= 0.3 is 0 Å². The lowest BCUT2D eigenvalue weighted by Crippen LogP contribution is -2.38. The van der Waals surface area contributed by atoms with Crippen LogP contribution in [-0.2, 0) is 15.6 Å². The fraction of sp³-hybridized carbons (Fsp3) is 0.517. The first-order valence-corrected chi connectivity index (χ1v) is 12.1. The molecule has 0 amide bonds. The SMILES string of the molecule is C/C(=C/c1ccc(OCCN2CCOCC2)cc1)c1ccc2c(c1)C(C)(C)CCC2(C)C. The van der Waals surface area contributed by atoms with Crippen molar-refractivity contribution in [1.29, 1.82) is 0 Å². The first kappa shape index (κ1) is 23.1. The van der Waals surface area contributed by atoms with Gasteiger partial charge in [-0.25, -0.2) is 0 Å². The maximum atomic E-state index is 5.95. The maximum Gasteiger partial charge on any atom is 0.119 e. The summed E-state index contributed by atoms with van der Waals surface area (Å²) in [5.74, 6) is 0.936. The minimum Gasteiger partial charge on any atom is -0.492 e. The monoisotopic (exact) mass is 433 g/mol. The third kappa shape index (κ3) is 5.27. The van der Waals surface area contributed by atoms with E-state index in [-0.39, 0.29) is 10.8 Å². The number of benzene rings is 2.